The number of hydrogen-bond donors (Lipinski definition) is 2. The Labute approximate surface area is 101 Å². The molecule has 0 saturated heterocycles. The van der Waals surface area contributed by atoms with Crippen LogP contribution in [0.25, 0.3) is 0 Å². The third-order valence-corrected chi connectivity index (χ3v) is 1.84. The highest BCUT2D eigenvalue weighted by atomic mass is 19.4. The highest BCUT2D eigenvalue weighted by molar-refractivity contribution is 6.33. The van der Waals surface area contributed by atoms with Crippen LogP contribution in [0.4, 0.5) is 13.2 Å². The molecule has 1 aromatic carbocycles. The molecule has 5 nitrogen and oxygen atoms in total. The molecule has 0 bridgehead atoms. The number of halogens is 3. The minimum atomic E-state index is -4.54. The quantitative estimate of drug-likeness (QED) is 0.615. The summed E-state index contributed by atoms with van der Waals surface area (Å²) >= 11 is 0. The maximum atomic E-state index is 12.5. The van der Waals surface area contributed by atoms with Crippen molar-refractivity contribution in [3.63, 3.8) is 0 Å². The number of ether oxygens (including phenoxy) is 2. The average molecular weight is 266 g/mol. The van der Waals surface area contributed by atoms with Crippen molar-refractivity contribution in [1.82, 2.24) is 0 Å². The summed E-state index contributed by atoms with van der Waals surface area (Å²) in [4.78, 5) is 0. The Morgan fingerprint density at radius 2 is 1.89 bits per heavy atom. The topological polar surface area (TPSA) is 68.2 Å². The van der Waals surface area contributed by atoms with Gasteiger partial charge >= 0.3 is 13.5 Å². The van der Waals surface area contributed by atoms with E-state index in [-0.39, 0.29) is 18.3 Å². The van der Waals surface area contributed by atoms with Crippen molar-refractivity contribution < 1.29 is 37.3 Å². The standard InChI is InChI=1S/C9H10BF3O5/c1-16-5-17-8-4-6(9(11,12)13)2-3-7(8)18-10(14)15/h2-4,14-15H,5H2,1H3. The van der Waals surface area contributed by atoms with Crippen molar-refractivity contribution >= 4 is 7.32 Å². The normalized spacial score (nSPS) is 11.2. The first-order valence-electron chi connectivity index (χ1n) is 4.70. The molecule has 0 fully saturated rings. The summed E-state index contributed by atoms with van der Waals surface area (Å²) < 4.78 is 51.2. The monoisotopic (exact) mass is 266 g/mol. The minimum absolute atomic E-state index is 0.241. The Bertz CT molecular complexity index is 396. The summed E-state index contributed by atoms with van der Waals surface area (Å²) in [5.41, 5.74) is -0.951. The van der Waals surface area contributed by atoms with Gasteiger partial charge in [-0.05, 0) is 18.2 Å². The molecule has 18 heavy (non-hydrogen) atoms. The van der Waals surface area contributed by atoms with Crippen LogP contribution in [-0.2, 0) is 10.9 Å². The van der Waals surface area contributed by atoms with Gasteiger partial charge in [-0.15, -0.1) is 0 Å². The van der Waals surface area contributed by atoms with Gasteiger partial charge in [-0.1, -0.05) is 0 Å². The summed E-state index contributed by atoms with van der Waals surface area (Å²) in [6.07, 6.45) is -4.54. The van der Waals surface area contributed by atoms with Gasteiger partial charge in [-0.2, -0.15) is 13.2 Å². The zero-order valence-corrected chi connectivity index (χ0v) is 9.27. The highest BCUT2D eigenvalue weighted by Gasteiger charge is 2.32. The summed E-state index contributed by atoms with van der Waals surface area (Å²) in [6.45, 7) is -0.306. The van der Waals surface area contributed by atoms with Crippen molar-refractivity contribution in [3.8, 4) is 11.5 Å². The van der Waals surface area contributed by atoms with Gasteiger partial charge in [0, 0.05) is 7.11 Å². The fourth-order valence-electron chi connectivity index (χ4n) is 1.13. The Hall–Kier alpha value is -1.45. The molecule has 0 atom stereocenters. The highest BCUT2D eigenvalue weighted by Crippen LogP contribution is 2.36. The molecule has 0 amide bonds. The fraction of sp³-hybridized carbons (Fsp3) is 0.333. The SMILES string of the molecule is COCOc1cc(C(F)(F)F)ccc1OB(O)O. The summed E-state index contributed by atoms with van der Waals surface area (Å²) in [5, 5.41) is 17.2. The van der Waals surface area contributed by atoms with Crippen molar-refractivity contribution in [3.05, 3.63) is 23.8 Å². The summed E-state index contributed by atoms with van der Waals surface area (Å²) in [5.74, 6) is -0.546. The van der Waals surface area contributed by atoms with Crippen LogP contribution in [0.15, 0.2) is 18.2 Å². The summed E-state index contributed by atoms with van der Waals surface area (Å²) in [7, 11) is -0.874. The van der Waals surface area contributed by atoms with E-state index in [4.69, 9.17) is 14.8 Å². The fourth-order valence-corrected chi connectivity index (χ4v) is 1.13. The van der Waals surface area contributed by atoms with E-state index in [1.807, 2.05) is 0 Å². The molecule has 1 aromatic rings. The van der Waals surface area contributed by atoms with E-state index < -0.39 is 19.1 Å². The molecule has 0 aromatic heterocycles. The largest absolute Gasteiger partial charge is 0.707 e. The summed E-state index contributed by atoms with van der Waals surface area (Å²) in [6, 6.07) is 2.33. The Morgan fingerprint density at radius 1 is 1.22 bits per heavy atom. The number of benzene rings is 1. The average Bonchev–Trinajstić information content (AvgIpc) is 2.25. The minimum Gasteiger partial charge on any atom is -0.509 e. The van der Waals surface area contributed by atoms with Crippen LogP contribution in [0, 0.1) is 0 Å². The van der Waals surface area contributed by atoms with Crippen LogP contribution in [0.3, 0.4) is 0 Å². The molecule has 0 aliphatic heterocycles. The van der Waals surface area contributed by atoms with Gasteiger partial charge in [0.1, 0.15) is 5.75 Å². The van der Waals surface area contributed by atoms with Gasteiger partial charge < -0.3 is 24.2 Å². The zero-order valence-electron chi connectivity index (χ0n) is 9.27. The molecule has 100 valence electrons. The zero-order chi connectivity index (χ0) is 13.8. The first-order valence-corrected chi connectivity index (χ1v) is 4.70. The molecule has 9 heteroatoms. The molecule has 0 aliphatic rings. The lowest BCUT2D eigenvalue weighted by atomic mass is 10.1. The van der Waals surface area contributed by atoms with Crippen LogP contribution in [0.2, 0.25) is 0 Å². The second-order valence-corrected chi connectivity index (χ2v) is 3.15. The molecular formula is C9H10BF3O5. The van der Waals surface area contributed by atoms with E-state index in [9.17, 15) is 13.2 Å². The van der Waals surface area contributed by atoms with E-state index >= 15 is 0 Å². The smallest absolute Gasteiger partial charge is 0.509 e. The van der Waals surface area contributed by atoms with E-state index in [2.05, 4.69) is 9.39 Å². The van der Waals surface area contributed by atoms with E-state index in [1.165, 1.54) is 7.11 Å². The maximum absolute atomic E-state index is 12.5. The second-order valence-electron chi connectivity index (χ2n) is 3.15. The molecule has 0 unspecified atom stereocenters. The molecule has 0 aliphatic carbocycles. The molecule has 0 radical (unpaired) electrons. The Balaban J connectivity index is 3.04. The Morgan fingerprint density at radius 3 is 2.39 bits per heavy atom. The lowest BCUT2D eigenvalue weighted by Crippen LogP contribution is -2.21. The molecule has 0 heterocycles. The third-order valence-electron chi connectivity index (χ3n) is 1.84. The molecular weight excluding hydrogens is 256 g/mol. The van der Waals surface area contributed by atoms with Crippen molar-refractivity contribution in [2.24, 2.45) is 0 Å². The first-order chi connectivity index (χ1) is 8.34. The molecule has 0 saturated carbocycles. The van der Waals surface area contributed by atoms with Crippen molar-refractivity contribution in [2.45, 2.75) is 6.18 Å². The van der Waals surface area contributed by atoms with Gasteiger partial charge in [0.25, 0.3) is 0 Å². The molecule has 1 rings (SSSR count). The van der Waals surface area contributed by atoms with Gasteiger partial charge in [-0.25, -0.2) is 0 Å². The lowest BCUT2D eigenvalue weighted by Gasteiger charge is -2.14. The van der Waals surface area contributed by atoms with Gasteiger partial charge in [0.2, 0.25) is 0 Å². The van der Waals surface area contributed by atoms with Crippen molar-refractivity contribution in [2.75, 3.05) is 13.9 Å². The first kappa shape index (κ1) is 14.6. The van der Waals surface area contributed by atoms with Crippen molar-refractivity contribution in [1.29, 1.82) is 0 Å². The van der Waals surface area contributed by atoms with Gasteiger partial charge in [-0.3, -0.25) is 0 Å². The number of methoxy groups -OCH3 is 1. The van der Waals surface area contributed by atoms with E-state index in [0.29, 0.717) is 6.07 Å². The van der Waals surface area contributed by atoms with Gasteiger partial charge in [0.05, 0.1) is 5.56 Å². The number of rotatable bonds is 5. The predicted octanol–water partition coefficient (Wildman–Crippen LogP) is 1.04. The third kappa shape index (κ3) is 4.10. The van der Waals surface area contributed by atoms with Crippen LogP contribution in [0.5, 0.6) is 11.5 Å². The predicted molar refractivity (Wildman–Crippen MR) is 54.8 cm³/mol. The second kappa shape index (κ2) is 5.94. The van der Waals surface area contributed by atoms with Crippen LogP contribution < -0.4 is 9.39 Å². The van der Waals surface area contributed by atoms with Crippen LogP contribution >= 0.6 is 0 Å². The molecule has 2 N–H and O–H groups in total. The van der Waals surface area contributed by atoms with Crippen LogP contribution in [-0.4, -0.2) is 31.3 Å². The molecule has 0 spiro atoms. The number of hydrogen-bond acceptors (Lipinski definition) is 5. The van der Waals surface area contributed by atoms with E-state index in [1.54, 1.807) is 0 Å². The Kier molecular flexibility index (Phi) is 4.82. The van der Waals surface area contributed by atoms with Gasteiger partial charge in [0.15, 0.2) is 12.5 Å². The maximum Gasteiger partial charge on any atom is 0.707 e. The van der Waals surface area contributed by atoms with E-state index in [0.717, 1.165) is 12.1 Å². The van der Waals surface area contributed by atoms with Crippen LogP contribution in [0.1, 0.15) is 5.56 Å². The lowest BCUT2D eigenvalue weighted by molar-refractivity contribution is -0.137. The number of alkyl halides is 3.